The molecule has 0 bridgehead atoms. The molecule has 4 heteroatoms. The Balaban J connectivity index is 2.17. The van der Waals surface area contributed by atoms with Gasteiger partial charge in [-0.25, -0.2) is 0 Å². The van der Waals surface area contributed by atoms with Crippen molar-refractivity contribution in [1.82, 2.24) is 15.5 Å². The number of carbonyl (C=O) groups is 1. The molecule has 0 aromatic heterocycles. The van der Waals surface area contributed by atoms with Crippen molar-refractivity contribution in [3.63, 3.8) is 0 Å². The Hall–Kier alpha value is -0.870. The zero-order valence-electron chi connectivity index (χ0n) is 7.88. The first-order valence-corrected chi connectivity index (χ1v) is 4.64. The van der Waals surface area contributed by atoms with E-state index in [1.807, 2.05) is 4.90 Å². The highest BCUT2D eigenvalue weighted by Gasteiger charge is 2.14. The number of carbonyl (C=O) groups excluding carboxylic acids is 1. The monoisotopic (exact) mass is 183 g/mol. The lowest BCUT2D eigenvalue weighted by Gasteiger charge is -2.27. The third kappa shape index (κ3) is 3.57. The minimum Gasteiger partial charge on any atom is -0.339 e. The summed E-state index contributed by atoms with van der Waals surface area (Å²) in [7, 11) is 0. The zero-order valence-corrected chi connectivity index (χ0v) is 7.88. The van der Waals surface area contributed by atoms with Crippen LogP contribution in [0.25, 0.3) is 0 Å². The standard InChI is InChI=1S/C9H17N3O/c1-2-3-11-8-9(13)12-6-4-10-5-7-12/h2,10-11H,1,3-8H2. The smallest absolute Gasteiger partial charge is 0.236 e. The van der Waals surface area contributed by atoms with Crippen LogP contribution in [0.1, 0.15) is 0 Å². The number of rotatable bonds is 4. The van der Waals surface area contributed by atoms with Gasteiger partial charge in [-0.2, -0.15) is 0 Å². The van der Waals surface area contributed by atoms with Crippen LogP contribution in [0.5, 0.6) is 0 Å². The maximum atomic E-state index is 11.5. The molecule has 0 aromatic carbocycles. The molecule has 4 nitrogen and oxygen atoms in total. The van der Waals surface area contributed by atoms with E-state index in [4.69, 9.17) is 0 Å². The van der Waals surface area contributed by atoms with Crippen molar-refractivity contribution < 1.29 is 4.79 Å². The molecular formula is C9H17N3O. The normalized spacial score (nSPS) is 17.1. The van der Waals surface area contributed by atoms with Crippen LogP contribution in [-0.4, -0.2) is 50.1 Å². The van der Waals surface area contributed by atoms with Gasteiger partial charge in [0.05, 0.1) is 6.54 Å². The molecule has 0 aromatic rings. The molecule has 1 aliphatic rings. The minimum absolute atomic E-state index is 0.184. The Morgan fingerprint density at radius 3 is 2.85 bits per heavy atom. The van der Waals surface area contributed by atoms with Gasteiger partial charge in [0.15, 0.2) is 0 Å². The summed E-state index contributed by atoms with van der Waals surface area (Å²) in [5.41, 5.74) is 0. The van der Waals surface area contributed by atoms with Gasteiger partial charge in [0, 0.05) is 32.7 Å². The predicted molar refractivity (Wildman–Crippen MR) is 52.5 cm³/mol. The van der Waals surface area contributed by atoms with Gasteiger partial charge in [0.25, 0.3) is 0 Å². The molecule has 1 saturated heterocycles. The van der Waals surface area contributed by atoms with Crippen LogP contribution in [0.4, 0.5) is 0 Å². The summed E-state index contributed by atoms with van der Waals surface area (Å²) in [6.45, 7) is 8.16. The molecule has 0 unspecified atom stereocenters. The van der Waals surface area contributed by atoms with Crippen LogP contribution in [0.15, 0.2) is 12.7 Å². The first-order chi connectivity index (χ1) is 6.34. The fourth-order valence-electron chi connectivity index (χ4n) is 1.31. The first-order valence-electron chi connectivity index (χ1n) is 4.64. The molecule has 1 amide bonds. The summed E-state index contributed by atoms with van der Waals surface area (Å²) in [6, 6.07) is 0. The quantitative estimate of drug-likeness (QED) is 0.443. The van der Waals surface area contributed by atoms with Gasteiger partial charge in [-0.3, -0.25) is 4.79 Å². The van der Waals surface area contributed by atoms with Crippen LogP contribution >= 0.6 is 0 Å². The van der Waals surface area contributed by atoms with Gasteiger partial charge >= 0.3 is 0 Å². The SMILES string of the molecule is C=CCNCC(=O)N1CCNCC1. The molecule has 13 heavy (non-hydrogen) atoms. The summed E-state index contributed by atoms with van der Waals surface area (Å²) in [4.78, 5) is 13.4. The molecule has 0 radical (unpaired) electrons. The fraction of sp³-hybridized carbons (Fsp3) is 0.667. The van der Waals surface area contributed by atoms with E-state index in [2.05, 4.69) is 17.2 Å². The van der Waals surface area contributed by atoms with Crippen molar-refractivity contribution in [1.29, 1.82) is 0 Å². The molecule has 1 rings (SSSR count). The van der Waals surface area contributed by atoms with Crippen LogP contribution < -0.4 is 10.6 Å². The van der Waals surface area contributed by atoms with Crippen LogP contribution in [0, 0.1) is 0 Å². The third-order valence-corrected chi connectivity index (χ3v) is 2.03. The summed E-state index contributed by atoms with van der Waals surface area (Å²) < 4.78 is 0. The van der Waals surface area contributed by atoms with E-state index in [9.17, 15) is 4.79 Å². The van der Waals surface area contributed by atoms with Gasteiger partial charge < -0.3 is 15.5 Å². The van der Waals surface area contributed by atoms with Crippen molar-refractivity contribution in [3.8, 4) is 0 Å². The molecular weight excluding hydrogens is 166 g/mol. The van der Waals surface area contributed by atoms with Crippen molar-refractivity contribution in [3.05, 3.63) is 12.7 Å². The highest BCUT2D eigenvalue weighted by atomic mass is 16.2. The largest absolute Gasteiger partial charge is 0.339 e. The predicted octanol–water partition coefficient (Wildman–Crippen LogP) is -0.806. The Morgan fingerprint density at radius 1 is 1.54 bits per heavy atom. The van der Waals surface area contributed by atoms with E-state index in [1.54, 1.807) is 6.08 Å². The lowest BCUT2D eigenvalue weighted by Crippen LogP contribution is -2.49. The number of piperazine rings is 1. The number of hydrogen-bond donors (Lipinski definition) is 2. The van der Waals surface area contributed by atoms with Crippen LogP contribution in [0.2, 0.25) is 0 Å². The van der Waals surface area contributed by atoms with Crippen LogP contribution in [0.3, 0.4) is 0 Å². The topological polar surface area (TPSA) is 44.4 Å². The number of nitrogens with zero attached hydrogens (tertiary/aromatic N) is 1. The highest BCUT2D eigenvalue weighted by Crippen LogP contribution is 1.91. The van der Waals surface area contributed by atoms with Gasteiger partial charge in [-0.05, 0) is 0 Å². The Labute approximate surface area is 79.0 Å². The Morgan fingerprint density at radius 2 is 2.23 bits per heavy atom. The average molecular weight is 183 g/mol. The number of hydrogen-bond acceptors (Lipinski definition) is 3. The van der Waals surface area contributed by atoms with Crippen molar-refractivity contribution >= 4 is 5.91 Å². The molecule has 1 aliphatic heterocycles. The second-order valence-electron chi connectivity index (χ2n) is 3.05. The van der Waals surface area contributed by atoms with Crippen molar-refractivity contribution in [2.24, 2.45) is 0 Å². The minimum atomic E-state index is 0.184. The van der Waals surface area contributed by atoms with Gasteiger partial charge in [-0.15, -0.1) is 6.58 Å². The summed E-state index contributed by atoms with van der Waals surface area (Å²) in [6.07, 6.45) is 1.75. The van der Waals surface area contributed by atoms with Crippen molar-refractivity contribution in [2.75, 3.05) is 39.3 Å². The molecule has 0 aliphatic carbocycles. The number of nitrogens with one attached hydrogen (secondary N) is 2. The molecule has 74 valence electrons. The fourth-order valence-corrected chi connectivity index (χ4v) is 1.31. The Bertz CT molecular complexity index is 176. The van der Waals surface area contributed by atoms with E-state index in [1.165, 1.54) is 0 Å². The Kier molecular flexibility index (Phi) is 4.49. The zero-order chi connectivity index (χ0) is 9.52. The van der Waals surface area contributed by atoms with E-state index in [0.29, 0.717) is 13.1 Å². The van der Waals surface area contributed by atoms with E-state index in [-0.39, 0.29) is 5.91 Å². The number of amides is 1. The molecule has 0 spiro atoms. The maximum absolute atomic E-state index is 11.5. The second-order valence-corrected chi connectivity index (χ2v) is 3.05. The molecule has 1 fully saturated rings. The highest BCUT2D eigenvalue weighted by molar-refractivity contribution is 5.78. The summed E-state index contributed by atoms with van der Waals surface area (Å²) in [5.74, 6) is 0.184. The lowest BCUT2D eigenvalue weighted by atomic mass is 10.3. The lowest BCUT2D eigenvalue weighted by molar-refractivity contribution is -0.130. The summed E-state index contributed by atoms with van der Waals surface area (Å²) in [5, 5.41) is 6.21. The third-order valence-electron chi connectivity index (χ3n) is 2.03. The second kappa shape index (κ2) is 5.72. The average Bonchev–Trinajstić information content (AvgIpc) is 2.19. The van der Waals surface area contributed by atoms with E-state index < -0.39 is 0 Å². The van der Waals surface area contributed by atoms with E-state index in [0.717, 1.165) is 26.2 Å². The molecule has 0 atom stereocenters. The van der Waals surface area contributed by atoms with Gasteiger partial charge in [-0.1, -0.05) is 6.08 Å². The first kappa shape index (κ1) is 10.2. The van der Waals surface area contributed by atoms with Crippen molar-refractivity contribution in [2.45, 2.75) is 0 Å². The van der Waals surface area contributed by atoms with Gasteiger partial charge in [0.1, 0.15) is 0 Å². The molecule has 0 saturated carbocycles. The van der Waals surface area contributed by atoms with Gasteiger partial charge in [0.2, 0.25) is 5.91 Å². The van der Waals surface area contributed by atoms with Crippen LogP contribution in [-0.2, 0) is 4.79 Å². The summed E-state index contributed by atoms with van der Waals surface area (Å²) >= 11 is 0. The van der Waals surface area contributed by atoms with E-state index >= 15 is 0 Å². The molecule has 1 heterocycles. The molecule has 2 N–H and O–H groups in total. The maximum Gasteiger partial charge on any atom is 0.236 e.